The Hall–Kier alpha value is -2.62. The van der Waals surface area contributed by atoms with Crippen molar-refractivity contribution in [2.45, 2.75) is 6.92 Å². The number of ether oxygens (including phenoxy) is 1. The third-order valence-corrected chi connectivity index (χ3v) is 2.92. The maximum atomic E-state index is 13.5. The molecule has 0 atom stereocenters. The third kappa shape index (κ3) is 4.18. The van der Waals surface area contributed by atoms with E-state index in [9.17, 15) is 9.18 Å². The number of carbonyl (C=O) groups is 1. The van der Waals surface area contributed by atoms with Crippen molar-refractivity contribution in [2.24, 2.45) is 0 Å². The van der Waals surface area contributed by atoms with E-state index in [2.05, 4.69) is 5.32 Å². The zero-order valence-corrected chi connectivity index (χ0v) is 11.9. The second kappa shape index (κ2) is 6.70. The Kier molecular flexibility index (Phi) is 4.72. The molecule has 0 bridgehead atoms. The highest BCUT2D eigenvalue weighted by Gasteiger charge is 2.02. The standard InChI is InChI=1S/C17H16FNO2/c1-12-3-7-14(8-4-12)19-17(20)10-6-13-5-9-16(21-2)15(18)11-13/h3-11H,1-2H3,(H,19,20)/b10-6+. The monoisotopic (exact) mass is 285 g/mol. The number of carbonyl (C=O) groups excluding carboxylic acids is 1. The van der Waals surface area contributed by atoms with Gasteiger partial charge in [0.1, 0.15) is 0 Å². The van der Waals surface area contributed by atoms with Crippen LogP contribution in [0.1, 0.15) is 11.1 Å². The van der Waals surface area contributed by atoms with Gasteiger partial charge in [0, 0.05) is 11.8 Å². The lowest BCUT2D eigenvalue weighted by molar-refractivity contribution is -0.111. The van der Waals surface area contributed by atoms with Gasteiger partial charge in [0.05, 0.1) is 7.11 Å². The normalized spacial score (nSPS) is 10.6. The molecule has 4 heteroatoms. The average molecular weight is 285 g/mol. The Balaban J connectivity index is 2.01. The van der Waals surface area contributed by atoms with Gasteiger partial charge in [0.25, 0.3) is 0 Å². The van der Waals surface area contributed by atoms with E-state index in [0.29, 0.717) is 5.56 Å². The van der Waals surface area contributed by atoms with Crippen molar-refractivity contribution in [3.05, 3.63) is 65.5 Å². The SMILES string of the molecule is COc1ccc(/C=C/C(=O)Nc2ccc(C)cc2)cc1F. The molecular formula is C17H16FNO2. The van der Waals surface area contributed by atoms with Gasteiger partial charge in [0.2, 0.25) is 5.91 Å². The lowest BCUT2D eigenvalue weighted by Crippen LogP contribution is -2.07. The van der Waals surface area contributed by atoms with Crippen molar-refractivity contribution in [3.8, 4) is 5.75 Å². The van der Waals surface area contributed by atoms with Crippen molar-refractivity contribution in [1.82, 2.24) is 0 Å². The minimum absolute atomic E-state index is 0.177. The van der Waals surface area contributed by atoms with Gasteiger partial charge in [-0.1, -0.05) is 23.8 Å². The average Bonchev–Trinajstić information content (AvgIpc) is 2.48. The van der Waals surface area contributed by atoms with Crippen molar-refractivity contribution in [2.75, 3.05) is 12.4 Å². The lowest BCUT2D eigenvalue weighted by atomic mass is 10.2. The summed E-state index contributed by atoms with van der Waals surface area (Å²) < 4.78 is 18.3. The molecule has 0 aromatic heterocycles. The van der Waals surface area contributed by atoms with E-state index < -0.39 is 5.82 Å². The van der Waals surface area contributed by atoms with Crippen LogP contribution in [0.4, 0.5) is 10.1 Å². The van der Waals surface area contributed by atoms with E-state index in [0.717, 1.165) is 11.3 Å². The van der Waals surface area contributed by atoms with Crippen molar-refractivity contribution < 1.29 is 13.9 Å². The summed E-state index contributed by atoms with van der Waals surface area (Å²) in [6.07, 6.45) is 2.91. The van der Waals surface area contributed by atoms with E-state index in [1.165, 1.54) is 25.3 Å². The maximum absolute atomic E-state index is 13.5. The molecule has 0 spiro atoms. The van der Waals surface area contributed by atoms with Gasteiger partial charge in [0.15, 0.2) is 11.6 Å². The van der Waals surface area contributed by atoms with Gasteiger partial charge < -0.3 is 10.1 Å². The molecule has 3 nitrogen and oxygen atoms in total. The van der Waals surface area contributed by atoms with Gasteiger partial charge in [-0.3, -0.25) is 4.79 Å². The summed E-state index contributed by atoms with van der Waals surface area (Å²) >= 11 is 0. The Labute approximate surface area is 123 Å². The van der Waals surface area contributed by atoms with Crippen LogP contribution in [0.5, 0.6) is 5.75 Å². The molecule has 0 heterocycles. The predicted octanol–water partition coefficient (Wildman–Crippen LogP) is 3.79. The molecule has 2 aromatic rings. The van der Waals surface area contributed by atoms with Gasteiger partial charge >= 0.3 is 0 Å². The van der Waals surface area contributed by atoms with E-state index in [1.54, 1.807) is 12.1 Å². The number of anilines is 1. The van der Waals surface area contributed by atoms with Gasteiger partial charge in [-0.15, -0.1) is 0 Å². The van der Waals surface area contributed by atoms with Crippen LogP contribution in [0.3, 0.4) is 0 Å². The summed E-state index contributed by atoms with van der Waals surface area (Å²) in [6.45, 7) is 1.98. The van der Waals surface area contributed by atoms with E-state index in [4.69, 9.17) is 4.74 Å². The molecule has 1 N–H and O–H groups in total. The largest absolute Gasteiger partial charge is 0.494 e. The van der Waals surface area contributed by atoms with Crippen LogP contribution >= 0.6 is 0 Å². The number of amides is 1. The first kappa shape index (κ1) is 14.8. The number of nitrogens with one attached hydrogen (secondary N) is 1. The molecule has 108 valence electrons. The van der Waals surface area contributed by atoms with Crippen LogP contribution in [-0.4, -0.2) is 13.0 Å². The Morgan fingerprint density at radius 1 is 1.19 bits per heavy atom. The van der Waals surface area contributed by atoms with E-state index in [1.807, 2.05) is 31.2 Å². The summed E-state index contributed by atoms with van der Waals surface area (Å²) in [5.41, 5.74) is 2.43. The number of rotatable bonds is 4. The highest BCUT2D eigenvalue weighted by molar-refractivity contribution is 6.01. The highest BCUT2D eigenvalue weighted by Crippen LogP contribution is 2.18. The molecule has 2 aromatic carbocycles. The lowest BCUT2D eigenvalue weighted by Gasteiger charge is -2.03. The highest BCUT2D eigenvalue weighted by atomic mass is 19.1. The van der Waals surface area contributed by atoms with Crippen molar-refractivity contribution >= 4 is 17.7 Å². The fourth-order valence-corrected chi connectivity index (χ4v) is 1.78. The fraction of sp³-hybridized carbons (Fsp3) is 0.118. The molecular weight excluding hydrogens is 269 g/mol. The fourth-order valence-electron chi connectivity index (χ4n) is 1.78. The number of halogens is 1. The number of hydrogen-bond acceptors (Lipinski definition) is 2. The summed E-state index contributed by atoms with van der Waals surface area (Å²) in [6, 6.07) is 12.0. The summed E-state index contributed by atoms with van der Waals surface area (Å²) in [5, 5.41) is 2.73. The molecule has 0 aliphatic heterocycles. The van der Waals surface area contributed by atoms with Gasteiger partial charge in [-0.25, -0.2) is 4.39 Å². The molecule has 0 fully saturated rings. The third-order valence-electron chi connectivity index (χ3n) is 2.92. The zero-order valence-electron chi connectivity index (χ0n) is 11.9. The topological polar surface area (TPSA) is 38.3 Å². The molecule has 2 rings (SSSR count). The van der Waals surface area contributed by atoms with Gasteiger partial charge in [-0.05, 0) is 42.8 Å². The first-order chi connectivity index (χ1) is 10.1. The Morgan fingerprint density at radius 3 is 2.52 bits per heavy atom. The number of aryl methyl sites for hydroxylation is 1. The number of benzene rings is 2. The Morgan fingerprint density at radius 2 is 1.90 bits per heavy atom. The van der Waals surface area contributed by atoms with Crippen molar-refractivity contribution in [3.63, 3.8) is 0 Å². The summed E-state index contributed by atoms with van der Waals surface area (Å²) in [5.74, 6) is -0.551. The van der Waals surface area contributed by atoms with Crippen LogP contribution in [0.15, 0.2) is 48.5 Å². The minimum Gasteiger partial charge on any atom is -0.494 e. The molecule has 0 saturated carbocycles. The van der Waals surface area contributed by atoms with Crippen LogP contribution in [0.25, 0.3) is 6.08 Å². The van der Waals surface area contributed by atoms with Crippen LogP contribution in [0.2, 0.25) is 0 Å². The van der Waals surface area contributed by atoms with Crippen LogP contribution in [0, 0.1) is 12.7 Å². The van der Waals surface area contributed by atoms with Crippen molar-refractivity contribution in [1.29, 1.82) is 0 Å². The predicted molar refractivity (Wildman–Crippen MR) is 81.8 cm³/mol. The molecule has 0 radical (unpaired) electrons. The summed E-state index contributed by atoms with van der Waals surface area (Å²) in [4.78, 5) is 11.8. The molecule has 1 amide bonds. The Bertz CT molecular complexity index is 663. The van der Waals surface area contributed by atoms with E-state index in [-0.39, 0.29) is 11.7 Å². The number of hydrogen-bond donors (Lipinski definition) is 1. The number of methoxy groups -OCH3 is 1. The van der Waals surface area contributed by atoms with Crippen LogP contribution < -0.4 is 10.1 Å². The summed E-state index contributed by atoms with van der Waals surface area (Å²) in [7, 11) is 1.41. The molecule has 0 unspecified atom stereocenters. The molecule has 0 aliphatic rings. The molecule has 21 heavy (non-hydrogen) atoms. The maximum Gasteiger partial charge on any atom is 0.248 e. The smallest absolute Gasteiger partial charge is 0.248 e. The first-order valence-corrected chi connectivity index (χ1v) is 6.48. The first-order valence-electron chi connectivity index (χ1n) is 6.48. The quantitative estimate of drug-likeness (QED) is 0.868. The second-order valence-electron chi connectivity index (χ2n) is 4.58. The molecule has 0 saturated heterocycles. The minimum atomic E-state index is -0.460. The van der Waals surface area contributed by atoms with Crippen LogP contribution in [-0.2, 0) is 4.79 Å². The molecule has 0 aliphatic carbocycles. The zero-order chi connectivity index (χ0) is 15.2. The second-order valence-corrected chi connectivity index (χ2v) is 4.58. The van der Waals surface area contributed by atoms with E-state index >= 15 is 0 Å². The van der Waals surface area contributed by atoms with Gasteiger partial charge in [-0.2, -0.15) is 0 Å².